The van der Waals surface area contributed by atoms with E-state index < -0.39 is 32.5 Å². The van der Waals surface area contributed by atoms with Gasteiger partial charge in [0.1, 0.15) is 22.4 Å². The van der Waals surface area contributed by atoms with Crippen LogP contribution in [-0.2, 0) is 16.6 Å². The molecule has 10 heteroatoms. The van der Waals surface area contributed by atoms with E-state index in [1.165, 1.54) is 18.2 Å². The van der Waals surface area contributed by atoms with Crippen molar-refractivity contribution < 1.29 is 22.0 Å². The van der Waals surface area contributed by atoms with E-state index in [0.717, 1.165) is 29.0 Å². The minimum absolute atomic E-state index is 0.0464. The van der Waals surface area contributed by atoms with E-state index in [-0.39, 0.29) is 17.8 Å². The fourth-order valence-corrected chi connectivity index (χ4v) is 4.68. The minimum Gasteiger partial charge on any atom is -0.350 e. The number of halogens is 2. The predicted octanol–water partition coefficient (Wildman–Crippen LogP) is 3.85. The zero-order chi connectivity index (χ0) is 23.6. The van der Waals surface area contributed by atoms with Gasteiger partial charge in [-0.2, -0.15) is 0 Å². The monoisotopic (exact) mass is 470 g/mol. The second-order valence-electron chi connectivity index (χ2n) is 7.28. The van der Waals surface area contributed by atoms with Crippen LogP contribution in [0.4, 0.5) is 14.5 Å². The molecule has 4 rings (SSSR count). The fraction of sp³-hybridized carbons (Fsp3) is 0.130. The molecular formula is C23H20F2N4O3S. The van der Waals surface area contributed by atoms with Gasteiger partial charge in [0.2, 0.25) is 0 Å². The number of hydrogen-bond acceptors (Lipinski definition) is 4. The van der Waals surface area contributed by atoms with Crippen molar-refractivity contribution in [3.05, 3.63) is 89.8 Å². The molecule has 0 atom stereocenters. The van der Waals surface area contributed by atoms with Gasteiger partial charge in [0.05, 0.1) is 22.3 Å². The molecule has 1 amide bonds. The molecule has 0 saturated heterocycles. The average molecular weight is 471 g/mol. The van der Waals surface area contributed by atoms with Crippen LogP contribution in [0.15, 0.2) is 71.6 Å². The SMILES string of the molecule is Cc1nc2ccccc2n1CCNC(=O)c1ccccc1NS(=O)(=O)c1cc(F)ccc1F. The smallest absolute Gasteiger partial charge is 0.264 e. The lowest BCUT2D eigenvalue weighted by Crippen LogP contribution is -2.28. The van der Waals surface area contributed by atoms with Crippen LogP contribution in [0.5, 0.6) is 0 Å². The van der Waals surface area contributed by atoms with Gasteiger partial charge < -0.3 is 9.88 Å². The van der Waals surface area contributed by atoms with E-state index in [1.807, 2.05) is 35.8 Å². The summed E-state index contributed by atoms with van der Waals surface area (Å²) in [7, 11) is -4.47. The summed E-state index contributed by atoms with van der Waals surface area (Å²) >= 11 is 0. The van der Waals surface area contributed by atoms with Crippen molar-refractivity contribution in [1.29, 1.82) is 0 Å². The molecule has 0 spiro atoms. The van der Waals surface area contributed by atoms with Crippen molar-refractivity contribution in [1.82, 2.24) is 14.9 Å². The highest BCUT2D eigenvalue weighted by atomic mass is 32.2. The number of amides is 1. The Morgan fingerprint density at radius 3 is 2.58 bits per heavy atom. The number of carbonyl (C=O) groups is 1. The van der Waals surface area contributed by atoms with Gasteiger partial charge in [-0.1, -0.05) is 24.3 Å². The number of aromatic nitrogens is 2. The molecule has 0 radical (unpaired) electrons. The van der Waals surface area contributed by atoms with Gasteiger partial charge in [0.25, 0.3) is 15.9 Å². The van der Waals surface area contributed by atoms with Crippen molar-refractivity contribution >= 4 is 32.7 Å². The molecule has 0 aliphatic rings. The fourth-order valence-electron chi connectivity index (χ4n) is 3.51. The van der Waals surface area contributed by atoms with Crippen LogP contribution in [0, 0.1) is 18.6 Å². The Morgan fingerprint density at radius 2 is 1.76 bits per heavy atom. The lowest BCUT2D eigenvalue weighted by molar-refractivity contribution is 0.0953. The van der Waals surface area contributed by atoms with Crippen molar-refractivity contribution in [2.75, 3.05) is 11.3 Å². The van der Waals surface area contributed by atoms with Gasteiger partial charge in [-0.15, -0.1) is 0 Å². The highest BCUT2D eigenvalue weighted by molar-refractivity contribution is 7.92. The Balaban J connectivity index is 1.50. The molecule has 0 aliphatic carbocycles. The van der Waals surface area contributed by atoms with Gasteiger partial charge in [-0.3, -0.25) is 9.52 Å². The molecule has 7 nitrogen and oxygen atoms in total. The van der Waals surface area contributed by atoms with E-state index in [4.69, 9.17) is 0 Å². The first-order valence-electron chi connectivity index (χ1n) is 10.0. The van der Waals surface area contributed by atoms with Crippen LogP contribution in [-0.4, -0.2) is 30.4 Å². The molecule has 170 valence electrons. The molecule has 1 heterocycles. The summed E-state index contributed by atoms with van der Waals surface area (Å²) in [6.07, 6.45) is 0. The summed E-state index contributed by atoms with van der Waals surface area (Å²) in [5.41, 5.74) is 1.79. The van der Waals surface area contributed by atoms with Crippen molar-refractivity contribution in [2.45, 2.75) is 18.4 Å². The lowest BCUT2D eigenvalue weighted by Gasteiger charge is -2.14. The van der Waals surface area contributed by atoms with Crippen molar-refractivity contribution in [3.8, 4) is 0 Å². The van der Waals surface area contributed by atoms with Gasteiger partial charge in [0, 0.05) is 13.1 Å². The summed E-state index contributed by atoms with van der Waals surface area (Å²) < 4.78 is 56.9. The first-order chi connectivity index (χ1) is 15.8. The summed E-state index contributed by atoms with van der Waals surface area (Å²) in [6, 6.07) is 15.7. The highest BCUT2D eigenvalue weighted by Gasteiger charge is 2.22. The van der Waals surface area contributed by atoms with E-state index in [0.29, 0.717) is 12.6 Å². The maximum atomic E-state index is 14.0. The zero-order valence-electron chi connectivity index (χ0n) is 17.5. The molecule has 0 fully saturated rings. The lowest BCUT2D eigenvalue weighted by atomic mass is 10.1. The molecule has 3 aromatic carbocycles. The molecule has 33 heavy (non-hydrogen) atoms. The largest absolute Gasteiger partial charge is 0.350 e. The Labute approximate surface area is 189 Å². The third-order valence-corrected chi connectivity index (χ3v) is 6.45. The van der Waals surface area contributed by atoms with Crippen LogP contribution in [0.1, 0.15) is 16.2 Å². The molecule has 1 aromatic heterocycles. The average Bonchev–Trinajstić information content (AvgIpc) is 3.10. The van der Waals surface area contributed by atoms with Crippen LogP contribution in [0.3, 0.4) is 0 Å². The Morgan fingerprint density at radius 1 is 1.03 bits per heavy atom. The third kappa shape index (κ3) is 4.70. The molecule has 0 unspecified atom stereocenters. The normalized spacial score (nSPS) is 11.5. The number of fused-ring (bicyclic) bond motifs is 1. The number of imidazole rings is 1. The van der Waals surface area contributed by atoms with E-state index in [2.05, 4.69) is 15.0 Å². The van der Waals surface area contributed by atoms with Crippen molar-refractivity contribution in [2.24, 2.45) is 0 Å². The maximum Gasteiger partial charge on any atom is 0.264 e. The summed E-state index contributed by atoms with van der Waals surface area (Å²) in [4.78, 5) is 16.4. The zero-order valence-corrected chi connectivity index (χ0v) is 18.4. The number of para-hydroxylation sites is 3. The van der Waals surface area contributed by atoms with E-state index in [9.17, 15) is 22.0 Å². The molecule has 0 aliphatic heterocycles. The Bertz CT molecular complexity index is 1450. The molecule has 2 N–H and O–H groups in total. The number of anilines is 1. The number of nitrogens with zero attached hydrogens (tertiary/aromatic N) is 2. The maximum absolute atomic E-state index is 14.0. The number of benzene rings is 3. The topological polar surface area (TPSA) is 93.1 Å². The molecule has 0 saturated carbocycles. The van der Waals surface area contributed by atoms with E-state index in [1.54, 1.807) is 6.07 Å². The molecule has 0 bridgehead atoms. The van der Waals surface area contributed by atoms with Crippen LogP contribution in [0.2, 0.25) is 0 Å². The number of carbonyl (C=O) groups excluding carboxylic acids is 1. The van der Waals surface area contributed by atoms with Crippen molar-refractivity contribution in [3.63, 3.8) is 0 Å². The number of nitrogens with one attached hydrogen (secondary N) is 2. The quantitative estimate of drug-likeness (QED) is 0.429. The number of sulfonamides is 1. The molecule has 4 aromatic rings. The second kappa shape index (κ2) is 8.99. The molecular weight excluding hydrogens is 450 g/mol. The van der Waals surface area contributed by atoms with Crippen LogP contribution >= 0.6 is 0 Å². The summed E-state index contributed by atoms with van der Waals surface area (Å²) in [6.45, 7) is 2.59. The van der Waals surface area contributed by atoms with Crippen LogP contribution < -0.4 is 10.0 Å². The van der Waals surface area contributed by atoms with E-state index >= 15 is 0 Å². The number of aryl methyl sites for hydroxylation is 1. The second-order valence-corrected chi connectivity index (χ2v) is 8.93. The Kier molecular flexibility index (Phi) is 6.10. The predicted molar refractivity (Wildman–Crippen MR) is 120 cm³/mol. The van der Waals surface area contributed by atoms with Gasteiger partial charge in [-0.25, -0.2) is 22.2 Å². The van der Waals surface area contributed by atoms with Crippen LogP contribution in [0.25, 0.3) is 11.0 Å². The van der Waals surface area contributed by atoms with Gasteiger partial charge >= 0.3 is 0 Å². The summed E-state index contributed by atoms with van der Waals surface area (Å²) in [5, 5.41) is 2.76. The minimum atomic E-state index is -4.47. The highest BCUT2D eigenvalue weighted by Crippen LogP contribution is 2.23. The Hall–Kier alpha value is -3.79. The first-order valence-corrected chi connectivity index (χ1v) is 11.5. The van der Waals surface area contributed by atoms with Gasteiger partial charge in [0.15, 0.2) is 0 Å². The number of hydrogen-bond donors (Lipinski definition) is 2. The van der Waals surface area contributed by atoms with Gasteiger partial charge in [-0.05, 0) is 49.4 Å². The number of rotatable bonds is 7. The third-order valence-electron chi connectivity index (χ3n) is 5.07. The standard InChI is InChI=1S/C23H20F2N4O3S/c1-15-27-20-8-4-5-9-21(20)29(15)13-12-26-23(30)17-6-2-3-7-19(17)28-33(31,32)22-14-16(24)10-11-18(22)25/h2-11,14,28H,12-13H2,1H3,(H,26,30). The summed E-state index contributed by atoms with van der Waals surface area (Å²) in [5.74, 6) is -1.72. The first kappa shape index (κ1) is 22.4.